The minimum absolute atomic E-state index is 0.0333. The third kappa shape index (κ3) is 2.93. The van der Waals surface area contributed by atoms with Gasteiger partial charge in [-0.2, -0.15) is 0 Å². The summed E-state index contributed by atoms with van der Waals surface area (Å²) in [5, 5.41) is 11.3. The average molecular weight is 337 g/mol. The van der Waals surface area contributed by atoms with Crippen molar-refractivity contribution in [3.63, 3.8) is 0 Å². The van der Waals surface area contributed by atoms with Crippen LogP contribution in [0.25, 0.3) is 11.5 Å². The number of oxazole rings is 1. The maximum Gasteiger partial charge on any atom is 0.273 e. The van der Waals surface area contributed by atoms with Crippen LogP contribution in [0.2, 0.25) is 0 Å². The summed E-state index contributed by atoms with van der Waals surface area (Å²) in [6.07, 6.45) is 1.64. The van der Waals surface area contributed by atoms with Crippen LogP contribution >= 0.6 is 0 Å². The van der Waals surface area contributed by atoms with Gasteiger partial charge in [-0.25, -0.2) is 4.98 Å². The van der Waals surface area contributed by atoms with Gasteiger partial charge in [-0.05, 0) is 32.4 Å². The van der Waals surface area contributed by atoms with E-state index in [9.17, 15) is 4.79 Å². The van der Waals surface area contributed by atoms with Crippen LogP contribution < -0.4 is 5.32 Å². The third-order valence-corrected chi connectivity index (χ3v) is 4.50. The summed E-state index contributed by atoms with van der Waals surface area (Å²) in [5.41, 5.74) is 1.19. The van der Waals surface area contributed by atoms with Crippen LogP contribution in [0, 0.1) is 13.8 Å². The minimum Gasteiger partial charge on any atom is -0.441 e. The molecule has 1 amide bonds. The van der Waals surface area contributed by atoms with E-state index in [1.54, 1.807) is 6.92 Å². The van der Waals surface area contributed by atoms with E-state index in [0.29, 0.717) is 23.9 Å². The van der Waals surface area contributed by atoms with Gasteiger partial charge in [-0.1, -0.05) is 18.2 Å². The third-order valence-electron chi connectivity index (χ3n) is 4.50. The summed E-state index contributed by atoms with van der Waals surface area (Å²) in [4.78, 5) is 17.0. The molecule has 4 rings (SSSR count). The Bertz CT molecular complexity index is 913. The average Bonchev–Trinajstić information content (AvgIpc) is 3.19. The van der Waals surface area contributed by atoms with E-state index < -0.39 is 0 Å². The molecule has 7 heteroatoms. The molecule has 0 bridgehead atoms. The highest BCUT2D eigenvalue weighted by molar-refractivity contribution is 5.93. The van der Waals surface area contributed by atoms with Gasteiger partial charge in [-0.15, -0.1) is 10.2 Å². The Morgan fingerprint density at radius 3 is 2.84 bits per heavy atom. The zero-order chi connectivity index (χ0) is 17.4. The second kappa shape index (κ2) is 6.16. The predicted molar refractivity (Wildman–Crippen MR) is 91.0 cm³/mol. The lowest BCUT2D eigenvalue weighted by Crippen LogP contribution is -2.41. The van der Waals surface area contributed by atoms with Crippen LogP contribution in [0.4, 0.5) is 0 Å². The van der Waals surface area contributed by atoms with E-state index in [0.717, 1.165) is 30.1 Å². The molecule has 1 aliphatic heterocycles. The zero-order valence-electron chi connectivity index (χ0n) is 14.2. The molecule has 0 fully saturated rings. The highest BCUT2D eigenvalue weighted by Crippen LogP contribution is 2.22. The number of carbonyl (C=O) groups is 1. The van der Waals surface area contributed by atoms with Gasteiger partial charge in [0.05, 0.1) is 0 Å². The molecule has 1 N–H and O–H groups in total. The van der Waals surface area contributed by atoms with E-state index in [1.165, 1.54) is 0 Å². The molecule has 0 aliphatic carbocycles. The molecule has 0 saturated heterocycles. The van der Waals surface area contributed by atoms with Crippen LogP contribution in [-0.2, 0) is 13.0 Å². The van der Waals surface area contributed by atoms with Crippen molar-refractivity contribution in [2.45, 2.75) is 39.3 Å². The molecule has 0 unspecified atom stereocenters. The Balaban J connectivity index is 1.51. The number of aryl methyl sites for hydroxylation is 3. The van der Waals surface area contributed by atoms with Crippen molar-refractivity contribution in [1.82, 2.24) is 25.1 Å². The summed E-state index contributed by atoms with van der Waals surface area (Å²) in [5.74, 6) is 2.63. The van der Waals surface area contributed by atoms with Crippen molar-refractivity contribution >= 4 is 5.91 Å². The monoisotopic (exact) mass is 337 g/mol. The number of rotatable bonds is 3. The lowest BCUT2D eigenvalue weighted by molar-refractivity contribution is 0.0921. The van der Waals surface area contributed by atoms with E-state index in [2.05, 4.69) is 25.1 Å². The molecule has 0 radical (unpaired) electrons. The van der Waals surface area contributed by atoms with Crippen LogP contribution in [0.15, 0.2) is 34.7 Å². The van der Waals surface area contributed by atoms with Gasteiger partial charge in [-0.3, -0.25) is 4.79 Å². The van der Waals surface area contributed by atoms with Gasteiger partial charge in [0.1, 0.15) is 17.4 Å². The molecule has 1 atom stereocenters. The zero-order valence-corrected chi connectivity index (χ0v) is 14.2. The van der Waals surface area contributed by atoms with E-state index in [4.69, 9.17) is 4.42 Å². The lowest BCUT2D eigenvalue weighted by atomic mass is 10.1. The van der Waals surface area contributed by atoms with Gasteiger partial charge in [0.25, 0.3) is 5.91 Å². The van der Waals surface area contributed by atoms with Crippen molar-refractivity contribution in [2.24, 2.45) is 0 Å². The number of benzene rings is 1. The van der Waals surface area contributed by atoms with Crippen molar-refractivity contribution < 1.29 is 9.21 Å². The fourth-order valence-electron chi connectivity index (χ4n) is 3.15. The Morgan fingerprint density at radius 2 is 2.04 bits per heavy atom. The van der Waals surface area contributed by atoms with E-state index in [1.807, 2.05) is 37.3 Å². The lowest BCUT2D eigenvalue weighted by Gasteiger charge is -2.24. The van der Waals surface area contributed by atoms with Crippen LogP contribution in [0.5, 0.6) is 0 Å². The molecule has 7 nitrogen and oxygen atoms in total. The fourth-order valence-corrected chi connectivity index (χ4v) is 3.15. The molecule has 1 aliphatic rings. The number of fused-ring (bicyclic) bond motifs is 1. The molecule has 3 heterocycles. The number of amides is 1. The molecule has 3 aromatic rings. The SMILES string of the molecule is Cc1oc(-c2ccccc2)nc1C(=O)N[C@@H]1CCc2nnc(C)n2C1. The van der Waals surface area contributed by atoms with Crippen molar-refractivity contribution in [1.29, 1.82) is 0 Å². The Hall–Kier alpha value is -2.96. The predicted octanol–water partition coefficient (Wildman–Crippen LogP) is 2.29. The van der Waals surface area contributed by atoms with E-state index in [-0.39, 0.29) is 11.9 Å². The number of hydrogen-bond acceptors (Lipinski definition) is 5. The number of nitrogens with zero attached hydrogens (tertiary/aromatic N) is 4. The van der Waals surface area contributed by atoms with Gasteiger partial charge in [0.15, 0.2) is 5.69 Å². The highest BCUT2D eigenvalue weighted by Gasteiger charge is 2.25. The first-order chi connectivity index (χ1) is 12.1. The van der Waals surface area contributed by atoms with Gasteiger partial charge < -0.3 is 14.3 Å². The first-order valence-electron chi connectivity index (χ1n) is 8.34. The van der Waals surface area contributed by atoms with Crippen LogP contribution in [-0.4, -0.2) is 31.7 Å². The fraction of sp³-hybridized carbons (Fsp3) is 0.333. The molecule has 1 aromatic carbocycles. The second-order valence-electron chi connectivity index (χ2n) is 6.27. The maximum absolute atomic E-state index is 12.6. The first kappa shape index (κ1) is 15.6. The number of aromatic nitrogens is 4. The molecular weight excluding hydrogens is 318 g/mol. The Morgan fingerprint density at radius 1 is 1.24 bits per heavy atom. The topological polar surface area (TPSA) is 85.8 Å². The highest BCUT2D eigenvalue weighted by atomic mass is 16.4. The van der Waals surface area contributed by atoms with Gasteiger partial charge in [0, 0.05) is 24.6 Å². The number of hydrogen-bond donors (Lipinski definition) is 1. The smallest absolute Gasteiger partial charge is 0.273 e. The normalized spacial score (nSPS) is 16.5. The largest absolute Gasteiger partial charge is 0.441 e. The van der Waals surface area contributed by atoms with Crippen molar-refractivity contribution in [3.05, 3.63) is 53.4 Å². The molecule has 2 aromatic heterocycles. The summed E-state index contributed by atoms with van der Waals surface area (Å²) in [6, 6.07) is 9.60. The van der Waals surface area contributed by atoms with Crippen LogP contribution in [0.1, 0.15) is 34.3 Å². The summed E-state index contributed by atoms with van der Waals surface area (Å²) >= 11 is 0. The van der Waals surface area contributed by atoms with Gasteiger partial charge in [0.2, 0.25) is 5.89 Å². The van der Waals surface area contributed by atoms with Crippen molar-refractivity contribution in [2.75, 3.05) is 0 Å². The van der Waals surface area contributed by atoms with E-state index >= 15 is 0 Å². The molecule has 128 valence electrons. The Labute approximate surface area is 145 Å². The van der Waals surface area contributed by atoms with Crippen molar-refractivity contribution in [3.8, 4) is 11.5 Å². The standard InChI is InChI=1S/C18H19N5O2/c1-11-16(20-18(25-11)13-6-4-3-5-7-13)17(24)19-14-8-9-15-22-21-12(2)23(15)10-14/h3-7,14H,8-10H2,1-2H3,(H,19,24)/t14-/m1/s1. The maximum atomic E-state index is 12.6. The second-order valence-corrected chi connectivity index (χ2v) is 6.27. The number of nitrogens with one attached hydrogen (secondary N) is 1. The first-order valence-corrected chi connectivity index (χ1v) is 8.34. The van der Waals surface area contributed by atoms with Gasteiger partial charge >= 0.3 is 0 Å². The summed E-state index contributed by atoms with van der Waals surface area (Å²) in [6.45, 7) is 4.37. The minimum atomic E-state index is -0.206. The van der Waals surface area contributed by atoms with Crippen LogP contribution in [0.3, 0.4) is 0 Å². The number of carbonyl (C=O) groups excluding carboxylic acids is 1. The Kier molecular flexibility index (Phi) is 3.83. The molecule has 0 spiro atoms. The molecule has 25 heavy (non-hydrogen) atoms. The quantitative estimate of drug-likeness (QED) is 0.792. The summed E-state index contributed by atoms with van der Waals surface area (Å²) in [7, 11) is 0. The molecule has 0 saturated carbocycles. The summed E-state index contributed by atoms with van der Waals surface area (Å²) < 4.78 is 7.73. The molecular formula is C18H19N5O2.